The molecule has 0 radical (unpaired) electrons. The van der Waals surface area contributed by atoms with E-state index in [0.717, 1.165) is 42.3 Å². The third-order valence-electron chi connectivity index (χ3n) is 2.73. The van der Waals surface area contributed by atoms with Gasteiger partial charge in [-0.3, -0.25) is 0 Å². The number of nitrogens with two attached hydrogens (primary N) is 1. The number of aryl methyl sites for hydroxylation is 1. The molecule has 2 N–H and O–H groups in total. The Kier molecular flexibility index (Phi) is 4.34. The first-order chi connectivity index (χ1) is 9.22. The van der Waals surface area contributed by atoms with Gasteiger partial charge in [0.25, 0.3) is 0 Å². The van der Waals surface area contributed by atoms with E-state index in [-0.39, 0.29) is 0 Å². The number of nitrogen functional groups attached to an aromatic ring is 1. The van der Waals surface area contributed by atoms with Gasteiger partial charge in [-0.15, -0.1) is 0 Å². The number of hydrogen-bond donors (Lipinski definition) is 1. The molecular formula is C15H19N3O. The van der Waals surface area contributed by atoms with Crippen molar-refractivity contribution >= 4 is 5.82 Å². The Morgan fingerprint density at radius 3 is 2.47 bits per heavy atom. The van der Waals surface area contributed by atoms with Crippen LogP contribution in [-0.2, 0) is 6.42 Å². The van der Waals surface area contributed by atoms with Crippen LogP contribution in [0.3, 0.4) is 0 Å². The molecule has 19 heavy (non-hydrogen) atoms. The van der Waals surface area contributed by atoms with Gasteiger partial charge in [0, 0.05) is 18.1 Å². The van der Waals surface area contributed by atoms with E-state index >= 15 is 0 Å². The van der Waals surface area contributed by atoms with Crippen molar-refractivity contribution in [2.45, 2.75) is 26.7 Å². The molecule has 4 heteroatoms. The quantitative estimate of drug-likeness (QED) is 0.894. The van der Waals surface area contributed by atoms with E-state index in [1.165, 1.54) is 0 Å². The lowest BCUT2D eigenvalue weighted by Gasteiger charge is -2.07. The minimum Gasteiger partial charge on any atom is -0.494 e. The predicted octanol–water partition coefficient (Wildman–Crippen LogP) is 3.08. The normalized spacial score (nSPS) is 10.4. The monoisotopic (exact) mass is 257 g/mol. The van der Waals surface area contributed by atoms with Gasteiger partial charge < -0.3 is 10.5 Å². The molecule has 0 saturated heterocycles. The van der Waals surface area contributed by atoms with Crippen molar-refractivity contribution in [3.8, 4) is 17.0 Å². The molecular weight excluding hydrogens is 238 g/mol. The van der Waals surface area contributed by atoms with E-state index in [0.29, 0.717) is 5.82 Å². The third-order valence-corrected chi connectivity index (χ3v) is 2.73. The second-order valence-electron chi connectivity index (χ2n) is 4.32. The molecule has 1 aromatic carbocycles. The zero-order valence-electron chi connectivity index (χ0n) is 11.4. The maximum Gasteiger partial charge on any atom is 0.131 e. The number of hydrogen-bond acceptors (Lipinski definition) is 4. The van der Waals surface area contributed by atoms with Gasteiger partial charge >= 0.3 is 0 Å². The van der Waals surface area contributed by atoms with Crippen molar-refractivity contribution in [2.75, 3.05) is 12.3 Å². The average Bonchev–Trinajstić information content (AvgIpc) is 2.45. The fraction of sp³-hybridized carbons (Fsp3) is 0.333. The molecule has 0 spiro atoms. The van der Waals surface area contributed by atoms with E-state index in [9.17, 15) is 0 Å². The molecule has 1 heterocycles. The lowest BCUT2D eigenvalue weighted by Crippen LogP contribution is -2.00. The first-order valence-corrected chi connectivity index (χ1v) is 6.59. The summed E-state index contributed by atoms with van der Waals surface area (Å²) in [4.78, 5) is 8.66. The molecule has 0 bridgehead atoms. The molecule has 0 unspecified atom stereocenters. The van der Waals surface area contributed by atoms with Gasteiger partial charge in [-0.1, -0.05) is 13.8 Å². The summed E-state index contributed by atoms with van der Waals surface area (Å²) < 4.78 is 5.56. The molecule has 4 nitrogen and oxygen atoms in total. The molecule has 0 fully saturated rings. The van der Waals surface area contributed by atoms with Gasteiger partial charge in [0.05, 0.1) is 12.3 Å². The van der Waals surface area contributed by atoms with Crippen molar-refractivity contribution in [1.82, 2.24) is 9.97 Å². The van der Waals surface area contributed by atoms with E-state index in [2.05, 4.69) is 16.9 Å². The van der Waals surface area contributed by atoms with Gasteiger partial charge in [-0.05, 0) is 30.7 Å². The number of benzene rings is 1. The summed E-state index contributed by atoms with van der Waals surface area (Å²) in [7, 11) is 0. The van der Waals surface area contributed by atoms with Gasteiger partial charge in [-0.25, -0.2) is 9.97 Å². The summed E-state index contributed by atoms with van der Waals surface area (Å²) in [5, 5.41) is 0. The highest BCUT2D eigenvalue weighted by Crippen LogP contribution is 2.22. The minimum absolute atomic E-state index is 0.508. The largest absolute Gasteiger partial charge is 0.494 e. The van der Waals surface area contributed by atoms with Crippen LogP contribution >= 0.6 is 0 Å². The highest BCUT2D eigenvalue weighted by atomic mass is 16.5. The smallest absolute Gasteiger partial charge is 0.131 e. The molecule has 0 aliphatic carbocycles. The number of nitrogens with zero attached hydrogens (tertiary/aromatic N) is 2. The highest BCUT2D eigenvalue weighted by molar-refractivity contribution is 5.62. The Morgan fingerprint density at radius 2 is 1.84 bits per heavy atom. The van der Waals surface area contributed by atoms with Gasteiger partial charge in [-0.2, -0.15) is 0 Å². The molecule has 2 rings (SSSR count). The first kappa shape index (κ1) is 13.3. The number of rotatable bonds is 5. The Labute approximate surface area is 113 Å². The topological polar surface area (TPSA) is 61.0 Å². The summed E-state index contributed by atoms with van der Waals surface area (Å²) in [6.07, 6.45) is 1.78. The lowest BCUT2D eigenvalue weighted by molar-refractivity contribution is 0.317. The molecule has 0 amide bonds. The molecule has 2 aromatic rings. The molecule has 100 valence electrons. The Balaban J connectivity index is 2.24. The van der Waals surface area contributed by atoms with Crippen LogP contribution in [0, 0.1) is 0 Å². The van der Waals surface area contributed by atoms with Crippen LogP contribution < -0.4 is 10.5 Å². The second-order valence-corrected chi connectivity index (χ2v) is 4.32. The van der Waals surface area contributed by atoms with Crippen molar-refractivity contribution in [2.24, 2.45) is 0 Å². The summed E-state index contributed by atoms with van der Waals surface area (Å²) >= 11 is 0. The number of aromatic nitrogens is 2. The van der Waals surface area contributed by atoms with Crippen LogP contribution in [0.15, 0.2) is 30.3 Å². The lowest BCUT2D eigenvalue weighted by atomic mass is 10.1. The van der Waals surface area contributed by atoms with Gasteiger partial charge in [0.15, 0.2) is 0 Å². The van der Waals surface area contributed by atoms with E-state index in [4.69, 9.17) is 10.5 Å². The summed E-state index contributed by atoms with van der Waals surface area (Å²) in [5.41, 5.74) is 7.67. The van der Waals surface area contributed by atoms with Crippen molar-refractivity contribution in [3.05, 3.63) is 36.2 Å². The fourth-order valence-electron chi connectivity index (χ4n) is 1.77. The van der Waals surface area contributed by atoms with Crippen molar-refractivity contribution in [1.29, 1.82) is 0 Å². The first-order valence-electron chi connectivity index (χ1n) is 6.59. The molecule has 0 aliphatic rings. The van der Waals surface area contributed by atoms with Crippen LogP contribution in [0.1, 0.15) is 26.1 Å². The van der Waals surface area contributed by atoms with Crippen molar-refractivity contribution < 1.29 is 4.74 Å². The summed E-state index contributed by atoms with van der Waals surface area (Å²) in [6, 6.07) is 9.68. The fourth-order valence-corrected chi connectivity index (χ4v) is 1.77. The molecule has 0 atom stereocenters. The van der Waals surface area contributed by atoms with Crippen LogP contribution in [0.25, 0.3) is 11.3 Å². The van der Waals surface area contributed by atoms with Crippen LogP contribution in [0.4, 0.5) is 5.82 Å². The third kappa shape index (κ3) is 3.44. The van der Waals surface area contributed by atoms with Crippen LogP contribution in [-0.4, -0.2) is 16.6 Å². The van der Waals surface area contributed by atoms with Gasteiger partial charge in [0.2, 0.25) is 0 Å². The van der Waals surface area contributed by atoms with E-state index in [1.807, 2.05) is 31.2 Å². The minimum atomic E-state index is 0.508. The molecule has 0 aliphatic heterocycles. The maximum absolute atomic E-state index is 5.79. The summed E-state index contributed by atoms with van der Waals surface area (Å²) in [6.45, 7) is 4.84. The van der Waals surface area contributed by atoms with Crippen LogP contribution in [0.2, 0.25) is 0 Å². The molecule has 1 aromatic heterocycles. The van der Waals surface area contributed by atoms with Gasteiger partial charge in [0.1, 0.15) is 17.4 Å². The van der Waals surface area contributed by atoms with Crippen molar-refractivity contribution in [3.63, 3.8) is 0 Å². The predicted molar refractivity (Wildman–Crippen MR) is 77.0 cm³/mol. The standard InChI is InChI=1S/C15H19N3O/c1-3-9-19-12-7-5-11(6-8-12)13-10-14(16)18-15(4-2)17-13/h5-8,10H,3-4,9H2,1-2H3,(H2,16,17,18). The van der Waals surface area contributed by atoms with E-state index in [1.54, 1.807) is 6.07 Å². The Hall–Kier alpha value is -2.10. The number of anilines is 1. The number of ether oxygens (including phenoxy) is 1. The Bertz CT molecular complexity index is 538. The highest BCUT2D eigenvalue weighted by Gasteiger charge is 2.04. The average molecular weight is 257 g/mol. The Morgan fingerprint density at radius 1 is 1.11 bits per heavy atom. The zero-order valence-corrected chi connectivity index (χ0v) is 11.4. The van der Waals surface area contributed by atoms with E-state index < -0.39 is 0 Å². The second kappa shape index (κ2) is 6.18. The zero-order chi connectivity index (χ0) is 13.7. The summed E-state index contributed by atoms with van der Waals surface area (Å²) in [5.74, 6) is 2.15. The van der Waals surface area contributed by atoms with Crippen LogP contribution in [0.5, 0.6) is 5.75 Å². The SMILES string of the molecule is CCCOc1ccc(-c2cc(N)nc(CC)n2)cc1. The molecule has 0 saturated carbocycles. The maximum atomic E-state index is 5.79.